The molecule has 0 atom stereocenters. The summed E-state index contributed by atoms with van der Waals surface area (Å²) in [6, 6.07) is 21.1. The molecule has 0 aliphatic carbocycles. The van der Waals surface area contributed by atoms with Gasteiger partial charge >= 0.3 is 5.97 Å². The fourth-order valence-electron chi connectivity index (χ4n) is 3.17. The zero-order valence-corrected chi connectivity index (χ0v) is 19.8. The summed E-state index contributed by atoms with van der Waals surface area (Å²) in [4.78, 5) is 37.0. The minimum Gasteiger partial charge on any atom is -0.459 e. The normalized spacial score (nSPS) is 10.7. The summed E-state index contributed by atoms with van der Waals surface area (Å²) in [5.74, 6) is -0.992. The number of carbonyl (C=O) groups is 3. The molecule has 0 spiro atoms. The zero-order valence-electron chi connectivity index (χ0n) is 19.0. The predicted molar refractivity (Wildman–Crippen MR) is 136 cm³/mol. The van der Waals surface area contributed by atoms with Crippen LogP contribution in [-0.2, 0) is 0 Å². The average Bonchev–Trinajstić information content (AvgIpc) is 3.41. The molecule has 4 aromatic rings. The lowest BCUT2D eigenvalue weighted by Gasteiger charge is -2.08. The molecule has 36 heavy (non-hydrogen) atoms. The van der Waals surface area contributed by atoms with Crippen molar-refractivity contribution in [3.8, 4) is 5.75 Å². The van der Waals surface area contributed by atoms with Gasteiger partial charge in [-0.3, -0.25) is 9.59 Å². The Bertz CT molecular complexity index is 1430. The number of halogens is 1. The molecule has 0 aliphatic rings. The number of nitrogens with zero attached hydrogens (tertiary/aromatic N) is 1. The highest BCUT2D eigenvalue weighted by molar-refractivity contribution is 6.31. The topological polar surface area (TPSA) is 110 Å². The molecule has 180 valence electrons. The van der Waals surface area contributed by atoms with E-state index in [2.05, 4.69) is 15.8 Å². The Morgan fingerprint density at radius 3 is 2.44 bits per heavy atom. The van der Waals surface area contributed by atoms with Crippen molar-refractivity contribution in [2.75, 3.05) is 5.32 Å². The molecule has 3 aromatic carbocycles. The van der Waals surface area contributed by atoms with Crippen LogP contribution in [0.15, 0.2) is 94.6 Å². The Hall–Kier alpha value is -4.69. The number of hydrazone groups is 1. The van der Waals surface area contributed by atoms with Crippen LogP contribution >= 0.6 is 11.6 Å². The molecule has 9 heteroatoms. The summed E-state index contributed by atoms with van der Waals surface area (Å²) < 4.78 is 10.6. The number of benzene rings is 3. The van der Waals surface area contributed by atoms with Crippen LogP contribution in [0.4, 0.5) is 5.69 Å². The molecule has 2 amide bonds. The number of esters is 1. The molecule has 0 fully saturated rings. The van der Waals surface area contributed by atoms with Crippen LogP contribution in [0.25, 0.3) is 0 Å². The van der Waals surface area contributed by atoms with E-state index in [4.69, 9.17) is 20.8 Å². The van der Waals surface area contributed by atoms with E-state index in [1.54, 1.807) is 60.7 Å². The number of carbonyl (C=O) groups excluding carboxylic acids is 3. The van der Waals surface area contributed by atoms with Gasteiger partial charge in [0.05, 0.1) is 18.0 Å². The van der Waals surface area contributed by atoms with Gasteiger partial charge < -0.3 is 14.5 Å². The molecular formula is C27H20ClN3O5. The van der Waals surface area contributed by atoms with Crippen LogP contribution in [0.5, 0.6) is 5.75 Å². The van der Waals surface area contributed by atoms with Crippen molar-refractivity contribution in [2.45, 2.75) is 6.92 Å². The Labute approximate surface area is 211 Å². The Morgan fingerprint density at radius 1 is 0.917 bits per heavy atom. The second-order valence-corrected chi connectivity index (χ2v) is 8.09. The monoisotopic (exact) mass is 501 g/mol. The Balaban J connectivity index is 1.39. The first-order valence-corrected chi connectivity index (χ1v) is 11.1. The SMILES string of the molecule is Cc1cccc(C(=O)Oc2ccc(Cl)cc2/C=N/NC(=O)c2ccc(NC(=O)c3ccco3)cc2)c1. The summed E-state index contributed by atoms with van der Waals surface area (Å²) in [7, 11) is 0. The van der Waals surface area contributed by atoms with E-state index in [0.29, 0.717) is 27.4 Å². The van der Waals surface area contributed by atoms with Crippen molar-refractivity contribution in [3.05, 3.63) is 118 Å². The smallest absolute Gasteiger partial charge is 0.343 e. The first-order chi connectivity index (χ1) is 17.4. The molecule has 2 N–H and O–H groups in total. The molecule has 0 aliphatic heterocycles. The highest BCUT2D eigenvalue weighted by Gasteiger charge is 2.13. The third-order valence-electron chi connectivity index (χ3n) is 4.95. The summed E-state index contributed by atoms with van der Waals surface area (Å²) in [6.07, 6.45) is 2.74. The van der Waals surface area contributed by atoms with E-state index in [9.17, 15) is 14.4 Å². The van der Waals surface area contributed by atoms with E-state index in [1.807, 2.05) is 13.0 Å². The van der Waals surface area contributed by atoms with Crippen LogP contribution < -0.4 is 15.5 Å². The third kappa shape index (κ3) is 6.25. The van der Waals surface area contributed by atoms with Gasteiger partial charge in [-0.25, -0.2) is 10.2 Å². The van der Waals surface area contributed by atoms with Gasteiger partial charge in [0.15, 0.2) is 5.76 Å². The fraction of sp³-hybridized carbons (Fsp3) is 0.0370. The lowest BCUT2D eigenvalue weighted by molar-refractivity contribution is 0.0733. The van der Waals surface area contributed by atoms with Gasteiger partial charge in [-0.15, -0.1) is 0 Å². The summed E-state index contributed by atoms with van der Waals surface area (Å²) >= 11 is 6.09. The molecule has 0 bridgehead atoms. The predicted octanol–water partition coefficient (Wildman–Crippen LogP) is 5.48. The van der Waals surface area contributed by atoms with Gasteiger partial charge in [0.1, 0.15) is 5.75 Å². The number of nitrogens with one attached hydrogen (secondary N) is 2. The van der Waals surface area contributed by atoms with Crippen molar-refractivity contribution >= 4 is 41.3 Å². The first kappa shape index (κ1) is 24.4. The number of anilines is 1. The third-order valence-corrected chi connectivity index (χ3v) is 5.18. The van der Waals surface area contributed by atoms with Crippen LogP contribution in [0, 0.1) is 6.92 Å². The lowest BCUT2D eigenvalue weighted by Crippen LogP contribution is -2.18. The zero-order chi connectivity index (χ0) is 25.5. The number of hydrogen-bond acceptors (Lipinski definition) is 6. The number of furan rings is 1. The standard InChI is InChI=1S/C27H20ClN3O5/c1-17-4-2-5-19(14-17)27(34)36-23-12-9-21(28)15-20(23)16-29-31-25(32)18-7-10-22(11-8-18)30-26(33)24-6-3-13-35-24/h2-16H,1H3,(H,30,33)(H,31,32)/b29-16+. The minimum atomic E-state index is -0.529. The molecule has 0 radical (unpaired) electrons. The first-order valence-electron chi connectivity index (χ1n) is 10.8. The molecule has 0 saturated carbocycles. The second kappa shape index (κ2) is 11.2. The molecule has 0 unspecified atom stereocenters. The molecule has 8 nitrogen and oxygen atoms in total. The summed E-state index contributed by atoms with van der Waals surface area (Å²) in [5, 5.41) is 7.04. The summed E-state index contributed by atoms with van der Waals surface area (Å²) in [5.41, 5.74) is 4.97. The maximum Gasteiger partial charge on any atom is 0.343 e. The van der Waals surface area contributed by atoms with Gasteiger partial charge in [-0.1, -0.05) is 29.3 Å². The van der Waals surface area contributed by atoms with Crippen molar-refractivity contribution in [1.29, 1.82) is 0 Å². The molecule has 0 saturated heterocycles. The molecule has 1 aromatic heterocycles. The minimum absolute atomic E-state index is 0.177. The van der Waals surface area contributed by atoms with E-state index in [0.717, 1.165) is 5.56 Å². The van der Waals surface area contributed by atoms with Gasteiger partial charge in [-0.2, -0.15) is 5.10 Å². The number of aryl methyl sites for hydroxylation is 1. The van der Waals surface area contributed by atoms with E-state index < -0.39 is 17.8 Å². The number of rotatable bonds is 7. The Morgan fingerprint density at radius 2 is 1.72 bits per heavy atom. The highest BCUT2D eigenvalue weighted by Crippen LogP contribution is 2.23. The van der Waals surface area contributed by atoms with Crippen molar-refractivity contribution < 1.29 is 23.5 Å². The number of amides is 2. The largest absolute Gasteiger partial charge is 0.459 e. The maximum absolute atomic E-state index is 12.5. The van der Waals surface area contributed by atoms with E-state index in [1.165, 1.54) is 24.6 Å². The van der Waals surface area contributed by atoms with Gasteiger partial charge in [0.2, 0.25) is 0 Å². The lowest BCUT2D eigenvalue weighted by atomic mass is 10.1. The van der Waals surface area contributed by atoms with Gasteiger partial charge in [0, 0.05) is 21.8 Å². The number of ether oxygens (including phenoxy) is 1. The van der Waals surface area contributed by atoms with Crippen molar-refractivity contribution in [1.82, 2.24) is 5.43 Å². The quantitative estimate of drug-likeness (QED) is 0.151. The van der Waals surface area contributed by atoms with Gasteiger partial charge in [0.25, 0.3) is 11.8 Å². The van der Waals surface area contributed by atoms with Crippen LogP contribution in [0.2, 0.25) is 5.02 Å². The molecule has 4 rings (SSSR count). The van der Waals surface area contributed by atoms with Gasteiger partial charge in [-0.05, 0) is 73.7 Å². The molecule has 1 heterocycles. The van der Waals surface area contributed by atoms with Crippen LogP contribution in [0.3, 0.4) is 0 Å². The second-order valence-electron chi connectivity index (χ2n) is 7.65. The Kier molecular flexibility index (Phi) is 7.57. The highest BCUT2D eigenvalue weighted by atomic mass is 35.5. The van der Waals surface area contributed by atoms with Crippen LogP contribution in [0.1, 0.15) is 42.4 Å². The number of hydrogen-bond donors (Lipinski definition) is 2. The van der Waals surface area contributed by atoms with E-state index >= 15 is 0 Å². The average molecular weight is 502 g/mol. The van der Waals surface area contributed by atoms with E-state index in [-0.39, 0.29) is 11.5 Å². The van der Waals surface area contributed by atoms with Crippen molar-refractivity contribution in [2.24, 2.45) is 5.10 Å². The van der Waals surface area contributed by atoms with Crippen molar-refractivity contribution in [3.63, 3.8) is 0 Å². The summed E-state index contributed by atoms with van der Waals surface area (Å²) in [6.45, 7) is 1.88. The maximum atomic E-state index is 12.5. The molecular weight excluding hydrogens is 482 g/mol. The fourth-order valence-corrected chi connectivity index (χ4v) is 3.35. The van der Waals surface area contributed by atoms with Crippen LogP contribution in [-0.4, -0.2) is 24.0 Å².